The average Bonchev–Trinajstić information content (AvgIpc) is 2.70. The highest BCUT2D eigenvalue weighted by molar-refractivity contribution is 7.89. The number of hydrogen-bond acceptors (Lipinski definition) is 5. The highest BCUT2D eigenvalue weighted by Gasteiger charge is 2.26. The van der Waals surface area contributed by atoms with E-state index in [0.29, 0.717) is 22.5 Å². The Kier molecular flexibility index (Phi) is 6.82. The number of halogens is 2. The van der Waals surface area contributed by atoms with Crippen molar-refractivity contribution in [3.8, 4) is 0 Å². The molecular weight excluding hydrogens is 451 g/mol. The summed E-state index contributed by atoms with van der Waals surface area (Å²) >= 11 is 12.0. The van der Waals surface area contributed by atoms with E-state index >= 15 is 0 Å². The summed E-state index contributed by atoms with van der Waals surface area (Å²) in [4.78, 5) is 23.8. The summed E-state index contributed by atoms with van der Waals surface area (Å²) in [6.07, 6.45) is 0.507. The lowest BCUT2D eigenvalue weighted by molar-refractivity contribution is -0.116. The number of nitrogens with one attached hydrogen (secondary N) is 1. The Morgan fingerprint density at radius 1 is 1.10 bits per heavy atom. The number of anilines is 1. The van der Waals surface area contributed by atoms with E-state index in [0.717, 1.165) is 4.31 Å². The quantitative estimate of drug-likeness (QED) is 0.525. The van der Waals surface area contributed by atoms with Gasteiger partial charge in [0.1, 0.15) is 5.58 Å². The molecule has 0 saturated carbocycles. The van der Waals surface area contributed by atoms with Gasteiger partial charge in [0, 0.05) is 23.0 Å². The van der Waals surface area contributed by atoms with Crippen LogP contribution in [-0.4, -0.2) is 31.7 Å². The van der Waals surface area contributed by atoms with Crippen molar-refractivity contribution in [1.82, 2.24) is 4.31 Å². The van der Waals surface area contributed by atoms with E-state index in [2.05, 4.69) is 5.32 Å². The summed E-state index contributed by atoms with van der Waals surface area (Å²) in [5.74, 6) is -0.553. The van der Waals surface area contributed by atoms with Crippen LogP contribution in [0.5, 0.6) is 0 Å². The summed E-state index contributed by atoms with van der Waals surface area (Å²) in [5.41, 5.74) is 0.0441. The molecule has 158 valence electrons. The largest absolute Gasteiger partial charge is 0.423 e. The molecule has 1 amide bonds. The summed E-state index contributed by atoms with van der Waals surface area (Å²) in [5, 5.41) is 3.72. The topological polar surface area (TPSA) is 96.7 Å². The first-order valence-corrected chi connectivity index (χ1v) is 11.2. The maximum atomic E-state index is 13.1. The molecule has 0 aliphatic heterocycles. The third-order valence-electron chi connectivity index (χ3n) is 4.22. The number of carbonyl (C=O) groups excluding carboxylic acids is 1. The minimum atomic E-state index is -3.98. The summed E-state index contributed by atoms with van der Waals surface area (Å²) < 4.78 is 32.4. The molecule has 0 saturated heterocycles. The number of hydrogen-bond donors (Lipinski definition) is 1. The van der Waals surface area contributed by atoms with Crippen molar-refractivity contribution < 1.29 is 17.6 Å². The molecule has 0 aliphatic carbocycles. The standard InChI is InChI=1S/C20H18Cl2N2O5S/c1-2-9-24(12-19(25)23-17-11-14(21)4-6-16(17)22)30(27,28)15-5-7-18-13(10-15)3-8-20(26)29-18/h3-8,10-11H,2,9,12H2,1H3,(H,23,25). The van der Waals surface area contributed by atoms with E-state index in [1.54, 1.807) is 6.07 Å². The molecule has 0 radical (unpaired) electrons. The maximum Gasteiger partial charge on any atom is 0.336 e. The highest BCUT2D eigenvalue weighted by atomic mass is 35.5. The third kappa shape index (κ3) is 5.02. The monoisotopic (exact) mass is 468 g/mol. The molecular formula is C20H18Cl2N2O5S. The number of rotatable bonds is 7. The predicted molar refractivity (Wildman–Crippen MR) is 117 cm³/mol. The van der Waals surface area contributed by atoms with Gasteiger partial charge in [0.05, 0.1) is 22.2 Å². The minimum absolute atomic E-state index is 0.00844. The van der Waals surface area contributed by atoms with Gasteiger partial charge in [-0.3, -0.25) is 4.79 Å². The lowest BCUT2D eigenvalue weighted by atomic mass is 10.2. The van der Waals surface area contributed by atoms with Gasteiger partial charge in [-0.15, -0.1) is 0 Å². The molecule has 7 nitrogen and oxygen atoms in total. The second kappa shape index (κ2) is 9.18. The molecule has 3 aromatic rings. The van der Waals surface area contributed by atoms with Gasteiger partial charge < -0.3 is 9.73 Å². The molecule has 30 heavy (non-hydrogen) atoms. The zero-order valence-corrected chi connectivity index (χ0v) is 18.2. The van der Waals surface area contributed by atoms with Crippen LogP contribution in [0, 0.1) is 0 Å². The van der Waals surface area contributed by atoms with Crippen LogP contribution in [0.25, 0.3) is 11.0 Å². The normalized spacial score (nSPS) is 11.7. The van der Waals surface area contributed by atoms with Gasteiger partial charge in [-0.2, -0.15) is 4.31 Å². The number of carbonyl (C=O) groups is 1. The number of benzene rings is 2. The Bertz CT molecular complexity index is 1260. The van der Waals surface area contributed by atoms with E-state index in [9.17, 15) is 18.0 Å². The molecule has 0 spiro atoms. The van der Waals surface area contributed by atoms with Crippen LogP contribution >= 0.6 is 23.2 Å². The van der Waals surface area contributed by atoms with E-state index < -0.39 is 28.1 Å². The molecule has 0 bridgehead atoms. The van der Waals surface area contributed by atoms with Crippen molar-refractivity contribution in [1.29, 1.82) is 0 Å². The van der Waals surface area contributed by atoms with Crippen LogP contribution in [-0.2, 0) is 14.8 Å². The number of fused-ring (bicyclic) bond motifs is 1. The Morgan fingerprint density at radius 3 is 2.60 bits per heavy atom. The van der Waals surface area contributed by atoms with Crippen LogP contribution in [0.4, 0.5) is 5.69 Å². The van der Waals surface area contributed by atoms with Crippen molar-refractivity contribution >= 4 is 55.8 Å². The number of nitrogens with zero attached hydrogens (tertiary/aromatic N) is 1. The van der Waals surface area contributed by atoms with Crippen molar-refractivity contribution in [2.75, 3.05) is 18.4 Å². The van der Waals surface area contributed by atoms with Crippen molar-refractivity contribution in [3.63, 3.8) is 0 Å². The number of amides is 1. The lowest BCUT2D eigenvalue weighted by Gasteiger charge is -2.21. The molecule has 0 aliphatic rings. The van der Waals surface area contributed by atoms with Gasteiger partial charge in [-0.25, -0.2) is 13.2 Å². The Hall–Kier alpha value is -2.39. The molecule has 3 rings (SSSR count). The summed E-state index contributed by atoms with van der Waals surface area (Å²) in [6, 6.07) is 11.5. The fraction of sp³-hybridized carbons (Fsp3) is 0.200. The minimum Gasteiger partial charge on any atom is -0.423 e. The summed E-state index contributed by atoms with van der Waals surface area (Å²) in [7, 11) is -3.98. The smallest absolute Gasteiger partial charge is 0.336 e. The van der Waals surface area contributed by atoms with Gasteiger partial charge in [-0.1, -0.05) is 30.1 Å². The Labute approximate surface area is 183 Å². The summed E-state index contributed by atoms with van der Waals surface area (Å²) in [6.45, 7) is 1.55. The van der Waals surface area contributed by atoms with Gasteiger partial charge >= 0.3 is 5.63 Å². The van der Waals surface area contributed by atoms with Crippen molar-refractivity contribution in [2.24, 2.45) is 0 Å². The fourth-order valence-corrected chi connectivity index (χ4v) is 4.70. The van der Waals surface area contributed by atoms with Crippen LogP contribution in [0.1, 0.15) is 13.3 Å². The lowest BCUT2D eigenvalue weighted by Crippen LogP contribution is -2.38. The first-order valence-electron chi connectivity index (χ1n) is 8.99. The van der Waals surface area contributed by atoms with Gasteiger partial charge in [0.25, 0.3) is 0 Å². The zero-order valence-electron chi connectivity index (χ0n) is 15.9. The van der Waals surface area contributed by atoms with E-state index in [4.69, 9.17) is 27.6 Å². The van der Waals surface area contributed by atoms with Crippen LogP contribution < -0.4 is 10.9 Å². The molecule has 1 aromatic heterocycles. The van der Waals surface area contributed by atoms with Gasteiger partial charge in [0.15, 0.2) is 0 Å². The molecule has 1 N–H and O–H groups in total. The first-order chi connectivity index (χ1) is 14.2. The van der Waals surface area contributed by atoms with Gasteiger partial charge in [0.2, 0.25) is 15.9 Å². The third-order valence-corrected chi connectivity index (χ3v) is 6.63. The van der Waals surface area contributed by atoms with Crippen LogP contribution in [0.3, 0.4) is 0 Å². The first kappa shape index (κ1) is 22.3. The molecule has 0 unspecified atom stereocenters. The van der Waals surface area contributed by atoms with Crippen molar-refractivity contribution in [2.45, 2.75) is 18.2 Å². The second-order valence-corrected chi connectivity index (χ2v) is 9.25. The zero-order chi connectivity index (χ0) is 21.9. The molecule has 0 fully saturated rings. The Morgan fingerprint density at radius 2 is 1.87 bits per heavy atom. The molecule has 0 atom stereocenters. The molecule has 2 aromatic carbocycles. The Balaban J connectivity index is 1.87. The molecule has 10 heteroatoms. The number of sulfonamides is 1. The van der Waals surface area contributed by atoms with Crippen LogP contribution in [0.2, 0.25) is 10.0 Å². The van der Waals surface area contributed by atoms with Crippen molar-refractivity contribution in [3.05, 3.63) is 69.0 Å². The second-order valence-electron chi connectivity index (χ2n) is 6.47. The maximum absolute atomic E-state index is 13.1. The average molecular weight is 469 g/mol. The SMILES string of the molecule is CCCN(CC(=O)Nc1cc(Cl)ccc1Cl)S(=O)(=O)c1ccc2oc(=O)ccc2c1. The highest BCUT2D eigenvalue weighted by Crippen LogP contribution is 2.26. The predicted octanol–water partition coefficient (Wildman–Crippen LogP) is 4.14. The van der Waals surface area contributed by atoms with Crippen LogP contribution in [0.15, 0.2) is 62.6 Å². The fourth-order valence-electron chi connectivity index (χ4n) is 2.84. The van der Waals surface area contributed by atoms with E-state index in [1.807, 2.05) is 6.92 Å². The van der Waals surface area contributed by atoms with Gasteiger partial charge in [-0.05, 0) is 48.9 Å². The van der Waals surface area contributed by atoms with E-state index in [-0.39, 0.29) is 22.0 Å². The van der Waals surface area contributed by atoms with E-state index in [1.165, 1.54) is 42.5 Å². The molecule has 1 heterocycles.